The standard InChI is InChI=1S/C23H30N2O3/c1-4-5-12-28-21-8-6-19(7-9-21)10-11-24-22(26)16-25-23(27)20-14-17(2)13-18(3)15-20/h6-9,13-15H,4-5,10-12,16H2,1-3H3,(H,24,26)(H,25,27). The molecular weight excluding hydrogens is 352 g/mol. The number of hydrogen-bond donors (Lipinski definition) is 2. The first-order valence-electron chi connectivity index (χ1n) is 9.83. The summed E-state index contributed by atoms with van der Waals surface area (Å²) < 4.78 is 5.64. The van der Waals surface area contributed by atoms with Crippen molar-refractivity contribution in [2.24, 2.45) is 0 Å². The highest BCUT2D eigenvalue weighted by Crippen LogP contribution is 2.13. The lowest BCUT2D eigenvalue weighted by Gasteiger charge is -2.09. The smallest absolute Gasteiger partial charge is 0.251 e. The molecule has 0 aliphatic rings. The first kappa shape index (κ1) is 21.5. The Balaban J connectivity index is 1.69. The monoisotopic (exact) mass is 382 g/mol. The van der Waals surface area contributed by atoms with E-state index in [4.69, 9.17) is 4.74 Å². The summed E-state index contributed by atoms with van der Waals surface area (Å²) in [5.74, 6) is 0.438. The van der Waals surface area contributed by atoms with Crippen LogP contribution in [0.1, 0.15) is 46.8 Å². The molecule has 0 bridgehead atoms. The van der Waals surface area contributed by atoms with Crippen LogP contribution in [-0.2, 0) is 11.2 Å². The largest absolute Gasteiger partial charge is 0.494 e. The molecule has 0 fully saturated rings. The number of carbonyl (C=O) groups is 2. The highest BCUT2D eigenvalue weighted by molar-refractivity contribution is 5.96. The molecule has 0 spiro atoms. The number of hydrogen-bond acceptors (Lipinski definition) is 3. The van der Waals surface area contributed by atoms with Gasteiger partial charge >= 0.3 is 0 Å². The van der Waals surface area contributed by atoms with Crippen molar-refractivity contribution >= 4 is 11.8 Å². The van der Waals surface area contributed by atoms with Crippen LogP contribution in [0.15, 0.2) is 42.5 Å². The van der Waals surface area contributed by atoms with Gasteiger partial charge in [0.05, 0.1) is 13.2 Å². The van der Waals surface area contributed by atoms with Crippen LogP contribution in [0.2, 0.25) is 0 Å². The molecule has 2 rings (SSSR count). The molecule has 28 heavy (non-hydrogen) atoms. The minimum Gasteiger partial charge on any atom is -0.494 e. The Morgan fingerprint density at radius 1 is 0.964 bits per heavy atom. The van der Waals surface area contributed by atoms with Gasteiger partial charge in [0.15, 0.2) is 0 Å². The molecule has 0 unspecified atom stereocenters. The van der Waals surface area contributed by atoms with Gasteiger partial charge < -0.3 is 15.4 Å². The van der Waals surface area contributed by atoms with Gasteiger partial charge in [0.2, 0.25) is 5.91 Å². The lowest BCUT2D eigenvalue weighted by atomic mass is 10.1. The number of carbonyl (C=O) groups excluding carboxylic acids is 2. The number of aryl methyl sites for hydroxylation is 2. The minimum atomic E-state index is -0.236. The molecule has 2 aromatic rings. The van der Waals surface area contributed by atoms with Gasteiger partial charge in [-0.1, -0.05) is 42.7 Å². The van der Waals surface area contributed by atoms with Gasteiger partial charge in [-0.25, -0.2) is 0 Å². The summed E-state index contributed by atoms with van der Waals surface area (Å²) in [6.07, 6.45) is 2.89. The highest BCUT2D eigenvalue weighted by Gasteiger charge is 2.09. The number of benzene rings is 2. The molecular formula is C23H30N2O3. The summed E-state index contributed by atoms with van der Waals surface area (Å²) in [7, 11) is 0. The summed E-state index contributed by atoms with van der Waals surface area (Å²) in [6.45, 7) is 7.25. The van der Waals surface area contributed by atoms with E-state index in [0.717, 1.165) is 48.3 Å². The number of ether oxygens (including phenoxy) is 1. The Morgan fingerprint density at radius 2 is 1.64 bits per heavy atom. The van der Waals surface area contributed by atoms with Gasteiger partial charge in [-0.05, 0) is 56.5 Å². The van der Waals surface area contributed by atoms with E-state index in [9.17, 15) is 9.59 Å². The first-order chi connectivity index (χ1) is 13.5. The van der Waals surface area contributed by atoms with Gasteiger partial charge in [0, 0.05) is 12.1 Å². The molecule has 0 atom stereocenters. The van der Waals surface area contributed by atoms with Crippen molar-refractivity contribution in [2.45, 2.75) is 40.0 Å². The molecule has 5 nitrogen and oxygen atoms in total. The lowest BCUT2D eigenvalue weighted by Crippen LogP contribution is -2.37. The maximum Gasteiger partial charge on any atom is 0.251 e. The van der Waals surface area contributed by atoms with Crippen LogP contribution in [0.3, 0.4) is 0 Å². The summed E-state index contributed by atoms with van der Waals surface area (Å²) in [4.78, 5) is 24.1. The van der Waals surface area contributed by atoms with E-state index in [1.165, 1.54) is 0 Å². The molecule has 0 aromatic heterocycles. The fourth-order valence-corrected chi connectivity index (χ4v) is 2.86. The number of unbranched alkanes of at least 4 members (excludes halogenated alkanes) is 1. The third-order valence-electron chi connectivity index (χ3n) is 4.32. The predicted molar refractivity (Wildman–Crippen MR) is 112 cm³/mol. The molecule has 2 amide bonds. The zero-order valence-electron chi connectivity index (χ0n) is 17.0. The molecule has 2 aromatic carbocycles. The van der Waals surface area contributed by atoms with Gasteiger partial charge in [0.25, 0.3) is 5.91 Å². The van der Waals surface area contributed by atoms with Crippen molar-refractivity contribution in [2.75, 3.05) is 19.7 Å². The van der Waals surface area contributed by atoms with E-state index in [1.54, 1.807) is 0 Å². The average Bonchev–Trinajstić information content (AvgIpc) is 2.67. The average molecular weight is 383 g/mol. The van der Waals surface area contributed by atoms with E-state index in [2.05, 4.69) is 17.6 Å². The van der Waals surface area contributed by atoms with Crippen LogP contribution < -0.4 is 15.4 Å². The Morgan fingerprint density at radius 3 is 2.29 bits per heavy atom. The van der Waals surface area contributed by atoms with Crippen molar-refractivity contribution in [3.05, 3.63) is 64.7 Å². The van der Waals surface area contributed by atoms with Crippen molar-refractivity contribution in [3.8, 4) is 5.75 Å². The van der Waals surface area contributed by atoms with Crippen LogP contribution in [0.25, 0.3) is 0 Å². The maximum absolute atomic E-state index is 12.2. The Hall–Kier alpha value is -2.82. The molecule has 2 N–H and O–H groups in total. The van der Waals surface area contributed by atoms with Gasteiger partial charge in [-0.3, -0.25) is 9.59 Å². The molecule has 0 heterocycles. The van der Waals surface area contributed by atoms with Crippen molar-refractivity contribution in [3.63, 3.8) is 0 Å². The van der Waals surface area contributed by atoms with E-state index in [1.807, 2.05) is 56.3 Å². The number of nitrogens with one attached hydrogen (secondary N) is 2. The summed E-state index contributed by atoms with van der Waals surface area (Å²) in [5.41, 5.74) is 3.75. The molecule has 0 saturated heterocycles. The molecule has 5 heteroatoms. The normalized spacial score (nSPS) is 10.4. The van der Waals surface area contributed by atoms with Crippen molar-refractivity contribution in [1.82, 2.24) is 10.6 Å². The van der Waals surface area contributed by atoms with Crippen LogP contribution in [0, 0.1) is 13.8 Å². The fourth-order valence-electron chi connectivity index (χ4n) is 2.86. The van der Waals surface area contributed by atoms with E-state index in [0.29, 0.717) is 12.1 Å². The quantitative estimate of drug-likeness (QED) is 0.617. The van der Waals surface area contributed by atoms with Gasteiger partial charge in [0.1, 0.15) is 5.75 Å². The third-order valence-corrected chi connectivity index (χ3v) is 4.32. The Bertz CT molecular complexity index is 765. The van der Waals surface area contributed by atoms with Crippen LogP contribution >= 0.6 is 0 Å². The van der Waals surface area contributed by atoms with Crippen LogP contribution in [0.4, 0.5) is 0 Å². The first-order valence-corrected chi connectivity index (χ1v) is 9.83. The zero-order valence-corrected chi connectivity index (χ0v) is 17.0. The van der Waals surface area contributed by atoms with Crippen LogP contribution in [0.5, 0.6) is 5.75 Å². The van der Waals surface area contributed by atoms with Crippen molar-refractivity contribution in [1.29, 1.82) is 0 Å². The molecule has 0 aliphatic heterocycles. The molecule has 150 valence electrons. The fraction of sp³-hybridized carbons (Fsp3) is 0.391. The van der Waals surface area contributed by atoms with E-state index < -0.39 is 0 Å². The molecule has 0 saturated carbocycles. The van der Waals surface area contributed by atoms with Gasteiger partial charge in [-0.2, -0.15) is 0 Å². The maximum atomic E-state index is 12.2. The SMILES string of the molecule is CCCCOc1ccc(CCNC(=O)CNC(=O)c2cc(C)cc(C)c2)cc1. The summed E-state index contributed by atoms with van der Waals surface area (Å²) >= 11 is 0. The molecule has 0 aliphatic carbocycles. The van der Waals surface area contributed by atoms with Gasteiger partial charge in [-0.15, -0.1) is 0 Å². The van der Waals surface area contributed by atoms with Crippen molar-refractivity contribution < 1.29 is 14.3 Å². The second-order valence-electron chi connectivity index (χ2n) is 7.00. The van der Waals surface area contributed by atoms with E-state index >= 15 is 0 Å². The number of rotatable bonds is 10. The predicted octanol–water partition coefficient (Wildman–Crippen LogP) is 3.57. The second kappa shape index (κ2) is 11.1. The Kier molecular flexibility index (Phi) is 8.53. The lowest BCUT2D eigenvalue weighted by molar-refractivity contribution is -0.120. The van der Waals surface area contributed by atoms with Crippen LogP contribution in [-0.4, -0.2) is 31.5 Å². The zero-order chi connectivity index (χ0) is 20.4. The third kappa shape index (κ3) is 7.43. The number of amides is 2. The van der Waals surface area contributed by atoms with E-state index in [-0.39, 0.29) is 18.4 Å². The summed E-state index contributed by atoms with van der Waals surface area (Å²) in [5, 5.41) is 5.50. The second-order valence-corrected chi connectivity index (χ2v) is 7.00. The Labute approximate surface area is 167 Å². The molecule has 0 radical (unpaired) electrons. The highest BCUT2D eigenvalue weighted by atomic mass is 16.5. The topological polar surface area (TPSA) is 67.4 Å². The summed E-state index contributed by atoms with van der Waals surface area (Å²) in [6, 6.07) is 13.6. The minimum absolute atomic E-state index is 0.0317.